The minimum atomic E-state index is -0.387. The quantitative estimate of drug-likeness (QED) is 0.424. The molecule has 4 N–H and O–H groups in total. The molecule has 3 aromatic rings. The van der Waals surface area contributed by atoms with Gasteiger partial charge in [0.05, 0.1) is 0 Å². The molecule has 0 spiro atoms. The Morgan fingerprint density at radius 1 is 1.14 bits per heavy atom. The fourth-order valence-corrected chi connectivity index (χ4v) is 1.97. The van der Waals surface area contributed by atoms with Gasteiger partial charge in [-0.15, -0.1) is 0 Å². The molecular formula is C14H12N6OS. The molecule has 3 aromatic heterocycles. The van der Waals surface area contributed by atoms with Gasteiger partial charge in [-0.3, -0.25) is 15.6 Å². The number of thiocarbonyl (C=S) groups is 1. The van der Waals surface area contributed by atoms with Crippen LogP contribution in [0.1, 0.15) is 10.5 Å². The normalized spacial score (nSPS) is 10.2. The van der Waals surface area contributed by atoms with Crippen LogP contribution in [0.4, 0.5) is 5.82 Å². The average molecular weight is 312 g/mol. The monoisotopic (exact) mass is 312 g/mol. The number of hydrazine groups is 1. The highest BCUT2D eigenvalue weighted by molar-refractivity contribution is 7.80. The first-order chi connectivity index (χ1) is 10.7. The highest BCUT2D eigenvalue weighted by Crippen LogP contribution is 2.09. The number of nitrogens with one attached hydrogen (secondary N) is 4. The lowest BCUT2D eigenvalue weighted by Crippen LogP contribution is -2.44. The van der Waals surface area contributed by atoms with Gasteiger partial charge in [-0.2, -0.15) is 0 Å². The summed E-state index contributed by atoms with van der Waals surface area (Å²) in [5, 5.41) is 4.01. The number of aromatic nitrogens is 3. The molecule has 22 heavy (non-hydrogen) atoms. The molecule has 0 saturated carbocycles. The molecule has 1 amide bonds. The summed E-state index contributed by atoms with van der Waals surface area (Å²) in [6.07, 6.45) is 3.41. The molecule has 0 aromatic carbocycles. The zero-order chi connectivity index (χ0) is 15.4. The van der Waals surface area contributed by atoms with Gasteiger partial charge in [0.1, 0.15) is 17.2 Å². The molecule has 7 nitrogen and oxygen atoms in total. The second kappa shape index (κ2) is 6.19. The Labute approximate surface area is 131 Å². The molecule has 0 fully saturated rings. The third kappa shape index (κ3) is 3.18. The van der Waals surface area contributed by atoms with Crippen molar-refractivity contribution in [1.82, 2.24) is 25.8 Å². The summed E-state index contributed by atoms with van der Waals surface area (Å²) in [6, 6.07) is 10.7. The largest absolute Gasteiger partial charge is 0.346 e. The Kier molecular flexibility index (Phi) is 3.92. The Morgan fingerprint density at radius 3 is 2.86 bits per heavy atom. The van der Waals surface area contributed by atoms with E-state index in [0.717, 1.165) is 5.39 Å². The summed E-state index contributed by atoms with van der Waals surface area (Å²) in [4.78, 5) is 23.2. The Balaban J connectivity index is 1.58. The maximum atomic E-state index is 12.0. The van der Waals surface area contributed by atoms with Gasteiger partial charge in [-0.1, -0.05) is 6.07 Å². The van der Waals surface area contributed by atoms with Crippen molar-refractivity contribution in [2.45, 2.75) is 0 Å². The van der Waals surface area contributed by atoms with Crippen LogP contribution in [0, 0.1) is 0 Å². The van der Waals surface area contributed by atoms with Crippen LogP contribution in [0.25, 0.3) is 11.0 Å². The number of hydrogen-bond acceptors (Lipinski definition) is 4. The second-order valence-corrected chi connectivity index (χ2v) is 4.77. The van der Waals surface area contributed by atoms with Gasteiger partial charge in [0.2, 0.25) is 0 Å². The molecule has 110 valence electrons. The SMILES string of the molecule is O=C(NNC(=S)Nc1ccccn1)c1ccc2cc[nH]c2n1. The van der Waals surface area contributed by atoms with E-state index in [-0.39, 0.29) is 16.7 Å². The number of amides is 1. The molecule has 0 saturated heterocycles. The number of pyridine rings is 2. The third-order valence-electron chi connectivity index (χ3n) is 2.84. The number of H-pyrrole nitrogens is 1. The van der Waals surface area contributed by atoms with Gasteiger partial charge in [0, 0.05) is 17.8 Å². The number of rotatable bonds is 2. The number of carbonyl (C=O) groups excluding carboxylic acids is 1. The van der Waals surface area contributed by atoms with Crippen molar-refractivity contribution >= 4 is 40.1 Å². The molecule has 3 rings (SSSR count). The Bertz CT molecular complexity index is 816. The molecule has 8 heteroatoms. The molecule has 0 radical (unpaired) electrons. The Morgan fingerprint density at radius 2 is 2.05 bits per heavy atom. The number of anilines is 1. The van der Waals surface area contributed by atoms with Crippen molar-refractivity contribution in [1.29, 1.82) is 0 Å². The number of hydrogen-bond donors (Lipinski definition) is 4. The van der Waals surface area contributed by atoms with Crippen molar-refractivity contribution in [2.24, 2.45) is 0 Å². The van der Waals surface area contributed by atoms with E-state index in [2.05, 4.69) is 31.1 Å². The summed E-state index contributed by atoms with van der Waals surface area (Å²) >= 11 is 5.06. The molecule has 0 aliphatic heterocycles. The highest BCUT2D eigenvalue weighted by atomic mass is 32.1. The van der Waals surface area contributed by atoms with Crippen LogP contribution in [0.3, 0.4) is 0 Å². The topological polar surface area (TPSA) is 94.7 Å². The van der Waals surface area contributed by atoms with E-state index < -0.39 is 0 Å². The van der Waals surface area contributed by atoms with Crippen LogP contribution in [-0.4, -0.2) is 26.0 Å². The molecule has 3 heterocycles. The fourth-order valence-electron chi connectivity index (χ4n) is 1.82. The predicted octanol–water partition coefficient (Wildman–Crippen LogP) is 1.59. The van der Waals surface area contributed by atoms with Gasteiger partial charge < -0.3 is 10.3 Å². The first kappa shape index (κ1) is 14.0. The molecule has 0 unspecified atom stereocenters. The zero-order valence-corrected chi connectivity index (χ0v) is 12.1. The number of fused-ring (bicyclic) bond motifs is 1. The number of nitrogens with zero attached hydrogens (tertiary/aromatic N) is 2. The van der Waals surface area contributed by atoms with E-state index in [1.165, 1.54) is 0 Å². The standard InChI is InChI=1S/C14H12N6OS/c21-13(10-5-4-9-6-8-16-12(9)17-10)19-20-14(22)18-11-3-1-2-7-15-11/h1-8H,(H,16,17)(H,19,21)(H2,15,18,20,22). The van der Waals surface area contributed by atoms with Crippen LogP contribution in [0.2, 0.25) is 0 Å². The molecule has 0 aliphatic rings. The van der Waals surface area contributed by atoms with E-state index in [0.29, 0.717) is 11.5 Å². The molecule has 0 atom stereocenters. The van der Waals surface area contributed by atoms with Crippen molar-refractivity contribution in [3.05, 3.63) is 54.5 Å². The summed E-state index contributed by atoms with van der Waals surface area (Å²) < 4.78 is 0. The first-order valence-corrected chi connectivity index (χ1v) is 6.86. The molecule has 0 aliphatic carbocycles. The molecule has 0 bridgehead atoms. The van der Waals surface area contributed by atoms with Gasteiger partial charge in [0.25, 0.3) is 5.91 Å². The van der Waals surface area contributed by atoms with Crippen LogP contribution < -0.4 is 16.2 Å². The lowest BCUT2D eigenvalue weighted by molar-refractivity contribution is 0.0939. The minimum Gasteiger partial charge on any atom is -0.346 e. The van der Waals surface area contributed by atoms with Gasteiger partial charge >= 0.3 is 0 Å². The zero-order valence-electron chi connectivity index (χ0n) is 11.3. The summed E-state index contributed by atoms with van der Waals surface area (Å²) in [5.41, 5.74) is 6.02. The van der Waals surface area contributed by atoms with Gasteiger partial charge in [-0.05, 0) is 42.5 Å². The van der Waals surface area contributed by atoms with E-state index in [1.54, 1.807) is 30.6 Å². The van der Waals surface area contributed by atoms with Crippen molar-refractivity contribution in [3.63, 3.8) is 0 Å². The predicted molar refractivity (Wildman–Crippen MR) is 87.2 cm³/mol. The summed E-state index contributed by atoms with van der Waals surface area (Å²) in [5.74, 6) is 0.196. The number of aromatic amines is 1. The van der Waals surface area contributed by atoms with Crippen molar-refractivity contribution in [3.8, 4) is 0 Å². The van der Waals surface area contributed by atoms with Crippen LogP contribution >= 0.6 is 12.2 Å². The maximum absolute atomic E-state index is 12.0. The van der Waals surface area contributed by atoms with E-state index >= 15 is 0 Å². The second-order valence-electron chi connectivity index (χ2n) is 4.36. The smallest absolute Gasteiger partial charge is 0.288 e. The lowest BCUT2D eigenvalue weighted by atomic mass is 10.3. The number of carbonyl (C=O) groups is 1. The van der Waals surface area contributed by atoms with Crippen LogP contribution in [0.5, 0.6) is 0 Å². The first-order valence-electron chi connectivity index (χ1n) is 6.45. The van der Waals surface area contributed by atoms with E-state index in [4.69, 9.17) is 12.2 Å². The summed E-state index contributed by atoms with van der Waals surface area (Å²) in [7, 11) is 0. The summed E-state index contributed by atoms with van der Waals surface area (Å²) in [6.45, 7) is 0. The van der Waals surface area contributed by atoms with Gasteiger partial charge in [-0.25, -0.2) is 9.97 Å². The third-order valence-corrected chi connectivity index (χ3v) is 3.04. The van der Waals surface area contributed by atoms with E-state index in [9.17, 15) is 4.79 Å². The maximum Gasteiger partial charge on any atom is 0.288 e. The fraction of sp³-hybridized carbons (Fsp3) is 0. The Hall–Kier alpha value is -3.00. The lowest BCUT2D eigenvalue weighted by Gasteiger charge is -2.10. The average Bonchev–Trinajstić information content (AvgIpc) is 3.01. The highest BCUT2D eigenvalue weighted by Gasteiger charge is 2.09. The van der Waals surface area contributed by atoms with Crippen molar-refractivity contribution in [2.75, 3.05) is 5.32 Å². The van der Waals surface area contributed by atoms with Crippen LogP contribution in [-0.2, 0) is 0 Å². The minimum absolute atomic E-state index is 0.230. The van der Waals surface area contributed by atoms with E-state index in [1.807, 2.05) is 18.2 Å². The van der Waals surface area contributed by atoms with Crippen LogP contribution in [0.15, 0.2) is 48.8 Å². The van der Waals surface area contributed by atoms with Crippen molar-refractivity contribution < 1.29 is 4.79 Å². The molecular weight excluding hydrogens is 300 g/mol. The van der Waals surface area contributed by atoms with Gasteiger partial charge in [0.15, 0.2) is 5.11 Å².